The fourth-order valence-corrected chi connectivity index (χ4v) is 2.11. The molecule has 0 radical (unpaired) electrons. The average molecular weight is 302 g/mol. The minimum Gasteiger partial charge on any atom is -0.496 e. The highest BCUT2D eigenvalue weighted by Gasteiger charge is 2.12. The minimum absolute atomic E-state index is 0.244. The van der Waals surface area contributed by atoms with Crippen LogP contribution in [0.2, 0.25) is 0 Å². The van der Waals surface area contributed by atoms with Crippen LogP contribution in [0.3, 0.4) is 0 Å². The fourth-order valence-electron chi connectivity index (χ4n) is 2.11. The molecule has 5 nitrogen and oxygen atoms in total. The quantitative estimate of drug-likeness (QED) is 0.736. The van der Waals surface area contributed by atoms with Gasteiger partial charge in [0.1, 0.15) is 18.6 Å². The van der Waals surface area contributed by atoms with E-state index in [9.17, 15) is 4.79 Å². The first-order valence-electron chi connectivity index (χ1n) is 6.69. The van der Waals surface area contributed by atoms with Gasteiger partial charge in [0.05, 0.1) is 21.3 Å². The number of rotatable bonds is 7. The van der Waals surface area contributed by atoms with Crippen molar-refractivity contribution >= 4 is 6.29 Å². The third kappa shape index (κ3) is 3.31. The van der Waals surface area contributed by atoms with E-state index < -0.39 is 0 Å². The smallest absolute Gasteiger partial charge is 0.203 e. The SMILES string of the molecule is COc1ccc(C=O)cc1COc1cccc(OC)c1OC. The Morgan fingerprint density at radius 1 is 0.909 bits per heavy atom. The number of aldehydes is 1. The van der Waals surface area contributed by atoms with Crippen LogP contribution in [0.4, 0.5) is 0 Å². The van der Waals surface area contributed by atoms with Crippen molar-refractivity contribution in [2.75, 3.05) is 21.3 Å². The summed E-state index contributed by atoms with van der Waals surface area (Å²) in [4.78, 5) is 10.9. The highest BCUT2D eigenvalue weighted by Crippen LogP contribution is 2.37. The molecule has 0 saturated heterocycles. The molecular weight excluding hydrogens is 284 g/mol. The first-order chi connectivity index (χ1) is 10.7. The lowest BCUT2D eigenvalue weighted by Crippen LogP contribution is -2.02. The lowest BCUT2D eigenvalue weighted by atomic mass is 10.1. The Bertz CT molecular complexity index is 651. The van der Waals surface area contributed by atoms with E-state index in [2.05, 4.69) is 0 Å². The topological polar surface area (TPSA) is 54.0 Å². The van der Waals surface area contributed by atoms with Crippen molar-refractivity contribution in [1.29, 1.82) is 0 Å². The van der Waals surface area contributed by atoms with E-state index in [1.807, 2.05) is 6.07 Å². The molecule has 2 aromatic rings. The maximum absolute atomic E-state index is 10.9. The van der Waals surface area contributed by atoms with Crippen LogP contribution in [0.1, 0.15) is 15.9 Å². The summed E-state index contributed by atoms with van der Waals surface area (Å²) in [5.74, 6) is 2.33. The van der Waals surface area contributed by atoms with Crippen LogP contribution in [-0.2, 0) is 6.61 Å². The third-order valence-electron chi connectivity index (χ3n) is 3.19. The second-order valence-electron chi connectivity index (χ2n) is 4.47. The van der Waals surface area contributed by atoms with E-state index in [1.54, 1.807) is 51.7 Å². The van der Waals surface area contributed by atoms with Gasteiger partial charge in [-0.15, -0.1) is 0 Å². The molecule has 0 heterocycles. The number of benzene rings is 2. The van der Waals surface area contributed by atoms with Gasteiger partial charge < -0.3 is 18.9 Å². The molecule has 0 bridgehead atoms. The number of carbonyl (C=O) groups excluding carboxylic acids is 1. The van der Waals surface area contributed by atoms with Crippen LogP contribution in [-0.4, -0.2) is 27.6 Å². The van der Waals surface area contributed by atoms with Crippen LogP contribution in [0.5, 0.6) is 23.0 Å². The molecule has 2 rings (SSSR count). The molecule has 0 N–H and O–H groups in total. The van der Waals surface area contributed by atoms with Crippen molar-refractivity contribution in [3.8, 4) is 23.0 Å². The molecule has 0 atom stereocenters. The van der Waals surface area contributed by atoms with Gasteiger partial charge in [-0.05, 0) is 30.3 Å². The summed E-state index contributed by atoms with van der Waals surface area (Å²) in [6.07, 6.45) is 0.787. The Balaban J connectivity index is 2.25. The molecule has 22 heavy (non-hydrogen) atoms. The monoisotopic (exact) mass is 302 g/mol. The van der Waals surface area contributed by atoms with Gasteiger partial charge in [0.2, 0.25) is 5.75 Å². The Kier molecular flexibility index (Phi) is 5.25. The van der Waals surface area contributed by atoms with Crippen molar-refractivity contribution < 1.29 is 23.7 Å². The summed E-state index contributed by atoms with van der Waals surface area (Å²) in [5, 5.41) is 0. The van der Waals surface area contributed by atoms with Crippen molar-refractivity contribution in [3.63, 3.8) is 0 Å². The highest BCUT2D eigenvalue weighted by atomic mass is 16.5. The van der Waals surface area contributed by atoms with Crippen molar-refractivity contribution in [1.82, 2.24) is 0 Å². The van der Waals surface area contributed by atoms with Crippen molar-refractivity contribution in [2.24, 2.45) is 0 Å². The molecule has 0 amide bonds. The molecule has 116 valence electrons. The maximum Gasteiger partial charge on any atom is 0.203 e. The van der Waals surface area contributed by atoms with E-state index in [4.69, 9.17) is 18.9 Å². The summed E-state index contributed by atoms with van der Waals surface area (Å²) in [6, 6.07) is 10.6. The van der Waals surface area contributed by atoms with Gasteiger partial charge in [0, 0.05) is 11.1 Å². The normalized spacial score (nSPS) is 9.95. The summed E-state index contributed by atoms with van der Waals surface area (Å²) < 4.78 is 21.6. The number of carbonyl (C=O) groups is 1. The second-order valence-corrected chi connectivity index (χ2v) is 4.47. The zero-order valence-electron chi connectivity index (χ0n) is 12.8. The van der Waals surface area contributed by atoms with Gasteiger partial charge in [0.25, 0.3) is 0 Å². The molecular formula is C17H18O5. The van der Waals surface area contributed by atoms with Gasteiger partial charge in [-0.25, -0.2) is 0 Å². The van der Waals surface area contributed by atoms with Crippen molar-refractivity contribution in [3.05, 3.63) is 47.5 Å². The maximum atomic E-state index is 10.9. The zero-order chi connectivity index (χ0) is 15.9. The van der Waals surface area contributed by atoms with E-state index in [0.717, 1.165) is 11.8 Å². The van der Waals surface area contributed by atoms with Gasteiger partial charge in [-0.2, -0.15) is 0 Å². The van der Waals surface area contributed by atoms with Crippen LogP contribution >= 0.6 is 0 Å². The molecule has 0 aromatic heterocycles. The van der Waals surface area contributed by atoms with E-state index in [0.29, 0.717) is 28.6 Å². The Morgan fingerprint density at radius 2 is 1.64 bits per heavy atom. The first kappa shape index (κ1) is 15.7. The van der Waals surface area contributed by atoms with E-state index >= 15 is 0 Å². The predicted octanol–water partition coefficient (Wildman–Crippen LogP) is 3.10. The molecule has 0 saturated carbocycles. The lowest BCUT2D eigenvalue weighted by molar-refractivity contribution is 0.112. The molecule has 0 aliphatic heterocycles. The number of hydrogen-bond donors (Lipinski definition) is 0. The first-order valence-corrected chi connectivity index (χ1v) is 6.69. The van der Waals surface area contributed by atoms with Gasteiger partial charge in [-0.3, -0.25) is 4.79 Å². The molecule has 5 heteroatoms. The lowest BCUT2D eigenvalue weighted by Gasteiger charge is -2.15. The number of ether oxygens (including phenoxy) is 4. The molecule has 0 aliphatic rings. The largest absolute Gasteiger partial charge is 0.496 e. The fraction of sp³-hybridized carbons (Fsp3) is 0.235. The summed E-state index contributed by atoms with van der Waals surface area (Å²) in [7, 11) is 4.70. The molecule has 0 aliphatic carbocycles. The molecule has 0 spiro atoms. The second kappa shape index (κ2) is 7.36. The Morgan fingerprint density at radius 3 is 2.27 bits per heavy atom. The standard InChI is InChI=1S/C17H18O5/c1-19-14-8-7-12(10-18)9-13(14)11-22-16-6-4-5-15(20-2)17(16)21-3/h4-10H,11H2,1-3H3. The molecule has 2 aromatic carbocycles. The van der Waals surface area contributed by atoms with Crippen molar-refractivity contribution in [2.45, 2.75) is 6.61 Å². The molecule has 0 unspecified atom stereocenters. The van der Waals surface area contributed by atoms with Crippen LogP contribution in [0.25, 0.3) is 0 Å². The Hall–Kier alpha value is -2.69. The summed E-state index contributed by atoms with van der Waals surface area (Å²) >= 11 is 0. The third-order valence-corrected chi connectivity index (χ3v) is 3.19. The summed E-state index contributed by atoms with van der Waals surface area (Å²) in [5.41, 5.74) is 1.34. The number of para-hydroxylation sites is 1. The van der Waals surface area contributed by atoms with Crippen LogP contribution in [0.15, 0.2) is 36.4 Å². The number of hydrogen-bond acceptors (Lipinski definition) is 5. The van der Waals surface area contributed by atoms with E-state index in [1.165, 1.54) is 0 Å². The molecule has 0 fully saturated rings. The van der Waals surface area contributed by atoms with Gasteiger partial charge in [0.15, 0.2) is 11.5 Å². The highest BCUT2D eigenvalue weighted by molar-refractivity contribution is 5.75. The average Bonchev–Trinajstić information content (AvgIpc) is 2.58. The van der Waals surface area contributed by atoms with E-state index in [-0.39, 0.29) is 6.61 Å². The van der Waals surface area contributed by atoms with Crippen LogP contribution in [0, 0.1) is 0 Å². The zero-order valence-corrected chi connectivity index (χ0v) is 12.8. The van der Waals surface area contributed by atoms with Gasteiger partial charge >= 0.3 is 0 Å². The van der Waals surface area contributed by atoms with Crippen LogP contribution < -0.4 is 18.9 Å². The Labute approximate surface area is 129 Å². The minimum atomic E-state index is 0.244. The van der Waals surface area contributed by atoms with Gasteiger partial charge in [-0.1, -0.05) is 6.07 Å². The predicted molar refractivity (Wildman–Crippen MR) is 82.3 cm³/mol. The summed E-state index contributed by atoms with van der Waals surface area (Å²) in [6.45, 7) is 0.244. The number of methoxy groups -OCH3 is 3.